The number of thioether (sulfide) groups is 1. The predicted octanol–water partition coefficient (Wildman–Crippen LogP) is 8.08. The topological polar surface area (TPSA) is 102 Å². The van der Waals surface area contributed by atoms with E-state index in [-0.39, 0.29) is 12.5 Å². The van der Waals surface area contributed by atoms with Gasteiger partial charge in [-0.2, -0.15) is 0 Å². The number of hydrogen-bond acceptors (Lipinski definition) is 7. The summed E-state index contributed by atoms with van der Waals surface area (Å²) in [6.45, 7) is 1.80. The molecule has 0 aliphatic carbocycles. The molecule has 0 spiro atoms. The molecular formula is C44H37BrN2O6S. The first-order valence-electron chi connectivity index (χ1n) is 17.5. The predicted molar refractivity (Wildman–Crippen MR) is 211 cm³/mol. The molecular weight excluding hydrogens is 764 g/mol. The van der Waals surface area contributed by atoms with Gasteiger partial charge >= 0.3 is 11.9 Å². The normalized spacial score (nSPS) is 20.5. The SMILES string of the molecule is CC1(C(=O)OC(c2ccccc2)c2ccccc2)CN2C(=O)C(NC(=O)C(C(=O)OC(c3ccccc3)c3ccccc3)c3ccccc3)[C@H]2SC1=CBr. The fourth-order valence-electron chi connectivity index (χ4n) is 6.81. The van der Waals surface area contributed by atoms with E-state index in [0.717, 1.165) is 22.3 Å². The number of benzene rings is 5. The van der Waals surface area contributed by atoms with Crippen LogP contribution in [0.1, 0.15) is 52.9 Å². The van der Waals surface area contributed by atoms with E-state index in [2.05, 4.69) is 21.2 Å². The Balaban J connectivity index is 1.09. The third-order valence-electron chi connectivity index (χ3n) is 9.77. The Morgan fingerprint density at radius 1 is 0.704 bits per heavy atom. The first kappa shape index (κ1) is 36.9. The van der Waals surface area contributed by atoms with Gasteiger partial charge in [0.1, 0.15) is 16.8 Å². The van der Waals surface area contributed by atoms with Gasteiger partial charge in [0.2, 0.25) is 11.8 Å². The van der Waals surface area contributed by atoms with Crippen molar-refractivity contribution in [3.8, 4) is 0 Å². The molecule has 8 nitrogen and oxygen atoms in total. The molecule has 2 saturated heterocycles. The number of fused-ring (bicyclic) bond motifs is 1. The summed E-state index contributed by atoms with van der Waals surface area (Å²) in [6.07, 6.45) is -1.42. The summed E-state index contributed by atoms with van der Waals surface area (Å²) in [5.74, 6) is -3.61. The van der Waals surface area contributed by atoms with Crippen LogP contribution in [0.5, 0.6) is 0 Å². The lowest BCUT2D eigenvalue weighted by Gasteiger charge is -2.54. The molecule has 10 heteroatoms. The standard InChI is InChI=1S/C44H37BrN2O6S/c1-44(43(51)53-38(32-23-13-5-14-24-32)33-25-15-6-16-26-33)28-47-40(49)36(41(47)54-34(44)27-45)46-39(48)35(29-17-7-2-8-18-29)42(50)52-37(30-19-9-3-10-20-30)31-21-11-4-12-22-31/h2-27,35-38,41H,28H2,1H3,(H,46,48)/t35?,36?,41-,44?/m1/s1. The van der Waals surface area contributed by atoms with Crippen molar-refractivity contribution in [2.75, 3.05) is 6.54 Å². The molecule has 54 heavy (non-hydrogen) atoms. The maximum atomic E-state index is 14.2. The van der Waals surface area contributed by atoms with Crippen molar-refractivity contribution in [1.29, 1.82) is 0 Å². The maximum absolute atomic E-state index is 14.2. The number of halogens is 1. The van der Waals surface area contributed by atoms with Gasteiger partial charge in [0.05, 0.1) is 0 Å². The summed E-state index contributed by atoms with van der Waals surface area (Å²) in [7, 11) is 0. The van der Waals surface area contributed by atoms with Crippen LogP contribution in [-0.2, 0) is 28.7 Å². The quantitative estimate of drug-likeness (QED) is 0.0819. The molecule has 2 heterocycles. The van der Waals surface area contributed by atoms with Gasteiger partial charge < -0.3 is 19.7 Å². The molecule has 2 fully saturated rings. The van der Waals surface area contributed by atoms with Crippen LogP contribution in [0.2, 0.25) is 0 Å². The molecule has 5 aromatic carbocycles. The Morgan fingerprint density at radius 3 is 1.54 bits per heavy atom. The fourth-order valence-corrected chi connectivity index (χ4v) is 8.99. The molecule has 3 unspecified atom stereocenters. The van der Waals surface area contributed by atoms with Crippen molar-refractivity contribution in [3.05, 3.63) is 189 Å². The highest BCUT2D eigenvalue weighted by molar-refractivity contribution is 9.11. The highest BCUT2D eigenvalue weighted by Gasteiger charge is 2.59. The lowest BCUT2D eigenvalue weighted by molar-refractivity contribution is -0.164. The first-order chi connectivity index (χ1) is 26.3. The number of nitrogens with zero attached hydrogens (tertiary/aromatic N) is 1. The number of carbonyl (C=O) groups excluding carboxylic acids is 4. The molecule has 0 radical (unpaired) electrons. The van der Waals surface area contributed by atoms with Crippen molar-refractivity contribution >= 4 is 51.4 Å². The van der Waals surface area contributed by atoms with Crippen LogP contribution in [0.4, 0.5) is 0 Å². The van der Waals surface area contributed by atoms with Crippen molar-refractivity contribution in [2.24, 2.45) is 5.41 Å². The highest BCUT2D eigenvalue weighted by Crippen LogP contribution is 2.51. The number of nitrogens with one attached hydrogen (secondary N) is 1. The van der Waals surface area contributed by atoms with Crippen LogP contribution >= 0.6 is 27.7 Å². The van der Waals surface area contributed by atoms with E-state index in [9.17, 15) is 19.2 Å². The number of hydrogen-bond donors (Lipinski definition) is 1. The Labute approximate surface area is 326 Å². The summed E-state index contributed by atoms with van der Waals surface area (Å²) in [4.78, 5) is 60.1. The Morgan fingerprint density at radius 2 is 1.11 bits per heavy atom. The molecule has 4 atom stereocenters. The van der Waals surface area contributed by atoms with Crippen LogP contribution in [-0.4, -0.2) is 46.6 Å². The van der Waals surface area contributed by atoms with Gasteiger partial charge in [0.15, 0.2) is 18.1 Å². The molecule has 272 valence electrons. The Kier molecular flexibility index (Phi) is 11.1. The van der Waals surface area contributed by atoms with Gasteiger partial charge in [0.25, 0.3) is 0 Å². The lowest BCUT2D eigenvalue weighted by atomic mass is 9.86. The van der Waals surface area contributed by atoms with E-state index in [1.54, 1.807) is 47.1 Å². The van der Waals surface area contributed by atoms with E-state index in [4.69, 9.17) is 9.47 Å². The molecule has 0 aromatic heterocycles. The number of rotatable bonds is 11. The van der Waals surface area contributed by atoms with Crippen molar-refractivity contribution in [2.45, 2.75) is 36.5 Å². The molecule has 0 bridgehead atoms. The molecule has 0 saturated carbocycles. The summed E-state index contributed by atoms with van der Waals surface area (Å²) < 4.78 is 12.4. The monoisotopic (exact) mass is 800 g/mol. The van der Waals surface area contributed by atoms with Gasteiger partial charge in [-0.1, -0.05) is 168 Å². The van der Waals surface area contributed by atoms with Crippen LogP contribution in [0, 0.1) is 5.41 Å². The molecule has 5 aromatic rings. The third kappa shape index (κ3) is 7.49. The molecule has 7 rings (SSSR count). The lowest BCUT2D eigenvalue weighted by Crippen LogP contribution is -2.73. The zero-order valence-electron chi connectivity index (χ0n) is 29.3. The van der Waals surface area contributed by atoms with E-state index < -0.39 is 52.8 Å². The fraction of sp³-hybridized carbons (Fsp3) is 0.182. The largest absolute Gasteiger partial charge is 0.452 e. The number of β-lactam (4-membered cyclic amide) rings is 1. The molecule has 2 aliphatic rings. The second kappa shape index (κ2) is 16.3. The summed E-state index contributed by atoms with van der Waals surface area (Å²) in [5, 5.41) is 2.35. The Bertz CT molecular complexity index is 2060. The minimum absolute atomic E-state index is 0.0441. The zero-order valence-corrected chi connectivity index (χ0v) is 31.7. The van der Waals surface area contributed by atoms with Crippen LogP contribution < -0.4 is 5.32 Å². The van der Waals surface area contributed by atoms with E-state index in [0.29, 0.717) is 10.5 Å². The second-order valence-corrected chi connectivity index (χ2v) is 15.0. The second-order valence-electron chi connectivity index (χ2n) is 13.4. The van der Waals surface area contributed by atoms with Gasteiger partial charge in [-0.3, -0.25) is 19.2 Å². The Hall–Kier alpha value is -5.45. The first-order valence-corrected chi connectivity index (χ1v) is 19.3. The number of amides is 2. The number of ether oxygens (including phenoxy) is 2. The van der Waals surface area contributed by atoms with Crippen molar-refractivity contribution < 1.29 is 28.7 Å². The molecule has 2 amide bonds. The van der Waals surface area contributed by atoms with E-state index >= 15 is 0 Å². The number of carbonyl (C=O) groups is 4. The average molecular weight is 802 g/mol. The summed E-state index contributed by atoms with van der Waals surface area (Å²) in [5.41, 5.74) is 2.38. The average Bonchev–Trinajstić information content (AvgIpc) is 3.22. The van der Waals surface area contributed by atoms with Gasteiger partial charge in [-0.15, -0.1) is 11.8 Å². The van der Waals surface area contributed by atoms with E-state index in [1.165, 1.54) is 11.8 Å². The summed E-state index contributed by atoms with van der Waals surface area (Å²) >= 11 is 4.76. The van der Waals surface area contributed by atoms with Gasteiger partial charge in [0, 0.05) is 11.4 Å². The van der Waals surface area contributed by atoms with Crippen molar-refractivity contribution in [3.63, 3.8) is 0 Å². The van der Waals surface area contributed by atoms with Crippen LogP contribution in [0.3, 0.4) is 0 Å². The third-order valence-corrected chi connectivity index (χ3v) is 12.1. The molecule has 1 N–H and O–H groups in total. The highest BCUT2D eigenvalue weighted by atomic mass is 79.9. The summed E-state index contributed by atoms with van der Waals surface area (Å²) in [6, 6.07) is 45.4. The van der Waals surface area contributed by atoms with Crippen LogP contribution in [0.15, 0.2) is 162 Å². The minimum atomic E-state index is -1.35. The van der Waals surface area contributed by atoms with Gasteiger partial charge in [-0.25, -0.2) is 0 Å². The maximum Gasteiger partial charge on any atom is 0.324 e. The smallest absolute Gasteiger partial charge is 0.324 e. The zero-order chi connectivity index (χ0) is 37.7. The minimum Gasteiger partial charge on any atom is -0.452 e. The van der Waals surface area contributed by atoms with Crippen molar-refractivity contribution in [1.82, 2.24) is 10.2 Å². The van der Waals surface area contributed by atoms with Crippen LogP contribution in [0.25, 0.3) is 0 Å². The van der Waals surface area contributed by atoms with E-state index in [1.807, 2.05) is 121 Å². The molecule has 2 aliphatic heterocycles. The van der Waals surface area contributed by atoms with Gasteiger partial charge in [-0.05, 0) is 39.7 Å². The number of esters is 2.